The summed E-state index contributed by atoms with van der Waals surface area (Å²) in [5.41, 5.74) is 2.79. The lowest BCUT2D eigenvalue weighted by atomic mass is 10.1. The van der Waals surface area contributed by atoms with Crippen LogP contribution in [0.4, 0.5) is 0 Å². The minimum Gasteiger partial charge on any atom is -0.493 e. The van der Waals surface area contributed by atoms with Crippen LogP contribution in [0.5, 0.6) is 17.4 Å². The van der Waals surface area contributed by atoms with E-state index in [4.69, 9.17) is 14.6 Å². The first-order valence-electron chi connectivity index (χ1n) is 11.3. The highest BCUT2D eigenvalue weighted by Crippen LogP contribution is 2.40. The predicted molar refractivity (Wildman–Crippen MR) is 123 cm³/mol. The molecule has 6 nitrogen and oxygen atoms in total. The molecule has 0 radical (unpaired) electrons. The Hall–Kier alpha value is -3.28. The summed E-state index contributed by atoms with van der Waals surface area (Å²) in [4.78, 5) is 15.2. The molecule has 0 spiro atoms. The highest BCUT2D eigenvalue weighted by atomic mass is 16.5. The molecule has 0 bridgehead atoms. The number of aryl methyl sites for hydroxylation is 1. The zero-order valence-electron chi connectivity index (χ0n) is 18.7. The Morgan fingerprint density at radius 1 is 1.03 bits per heavy atom. The number of hydrogen-bond acceptors (Lipinski definition) is 4. The third-order valence-electron chi connectivity index (χ3n) is 6.17. The van der Waals surface area contributed by atoms with Gasteiger partial charge in [-0.2, -0.15) is 5.10 Å². The average Bonchev–Trinajstić information content (AvgIpc) is 3.74. The third-order valence-corrected chi connectivity index (χ3v) is 6.17. The molecule has 2 saturated carbocycles. The first kappa shape index (κ1) is 20.6. The Kier molecular flexibility index (Phi) is 5.60. The zero-order valence-corrected chi connectivity index (χ0v) is 18.7. The number of benzene rings is 2. The van der Waals surface area contributed by atoms with Gasteiger partial charge in [0.15, 0.2) is 11.5 Å². The van der Waals surface area contributed by atoms with Crippen LogP contribution in [0.3, 0.4) is 0 Å². The molecule has 3 aromatic rings. The molecule has 2 fully saturated rings. The van der Waals surface area contributed by atoms with E-state index in [2.05, 4.69) is 0 Å². The Morgan fingerprint density at radius 2 is 1.72 bits per heavy atom. The maximum absolute atomic E-state index is 13.1. The molecule has 2 aromatic carbocycles. The zero-order chi connectivity index (χ0) is 22.1. The van der Waals surface area contributed by atoms with Crippen molar-refractivity contribution in [2.45, 2.75) is 32.2 Å². The van der Waals surface area contributed by atoms with E-state index in [-0.39, 0.29) is 11.8 Å². The summed E-state index contributed by atoms with van der Waals surface area (Å²) >= 11 is 0. The molecule has 166 valence electrons. The number of methoxy groups -OCH3 is 1. The number of carbonyl (C=O) groups is 1. The van der Waals surface area contributed by atoms with E-state index in [9.17, 15) is 4.79 Å². The molecular formula is C26H29N3O3. The van der Waals surface area contributed by atoms with E-state index in [1.165, 1.54) is 12.8 Å². The van der Waals surface area contributed by atoms with Crippen LogP contribution in [0.25, 0.3) is 11.3 Å². The maximum atomic E-state index is 13.1. The monoisotopic (exact) mass is 431 g/mol. The lowest BCUT2D eigenvalue weighted by Gasteiger charge is -2.23. The fourth-order valence-corrected chi connectivity index (χ4v) is 4.08. The number of carbonyl (C=O) groups excluding carboxylic acids is 1. The number of nitrogens with zero attached hydrogens (tertiary/aromatic N) is 3. The van der Waals surface area contributed by atoms with Gasteiger partial charge in [-0.05, 0) is 43.7 Å². The summed E-state index contributed by atoms with van der Waals surface area (Å²) < 4.78 is 13.6. The van der Waals surface area contributed by atoms with Gasteiger partial charge >= 0.3 is 0 Å². The van der Waals surface area contributed by atoms with Crippen LogP contribution in [0, 0.1) is 11.8 Å². The van der Waals surface area contributed by atoms with Crippen molar-refractivity contribution < 1.29 is 14.3 Å². The average molecular weight is 432 g/mol. The summed E-state index contributed by atoms with van der Waals surface area (Å²) in [6.07, 6.45) is 4.42. The molecule has 0 unspecified atom stereocenters. The van der Waals surface area contributed by atoms with Gasteiger partial charge in [-0.25, -0.2) is 4.68 Å². The number of para-hydroxylation sites is 2. The normalized spacial score (nSPS) is 15.4. The van der Waals surface area contributed by atoms with Crippen molar-refractivity contribution >= 4 is 5.91 Å². The molecule has 1 amide bonds. The predicted octanol–water partition coefficient (Wildman–Crippen LogP) is 5.04. The van der Waals surface area contributed by atoms with Crippen LogP contribution < -0.4 is 9.47 Å². The topological polar surface area (TPSA) is 56.6 Å². The molecule has 1 aromatic heterocycles. The number of hydrogen-bond donors (Lipinski definition) is 0. The van der Waals surface area contributed by atoms with E-state index in [0.717, 1.165) is 36.2 Å². The van der Waals surface area contributed by atoms with Gasteiger partial charge in [-0.3, -0.25) is 4.79 Å². The second kappa shape index (κ2) is 8.69. The fraction of sp³-hybridized carbons (Fsp3) is 0.385. The first-order chi connectivity index (χ1) is 15.6. The van der Waals surface area contributed by atoms with Crippen LogP contribution in [0.1, 0.15) is 31.2 Å². The Balaban J connectivity index is 1.55. The summed E-state index contributed by atoms with van der Waals surface area (Å²) in [6.45, 7) is 1.31. The minimum absolute atomic E-state index is 0.184. The summed E-state index contributed by atoms with van der Waals surface area (Å²) in [5.74, 6) is 2.99. The van der Waals surface area contributed by atoms with Crippen LogP contribution in [0.2, 0.25) is 0 Å². The van der Waals surface area contributed by atoms with Crippen LogP contribution in [-0.2, 0) is 18.4 Å². The standard InChI is InChI=1S/C26H29N3O3/c1-28-26(32-23-11-7-6-10-22(23)31-2)21(24(27-28)19-8-4-3-5-9-19)17-29(16-18-12-13-18)25(30)20-14-15-20/h3-11,18,20H,12-17H2,1-2H3. The number of rotatable bonds is 9. The molecule has 2 aliphatic rings. The van der Waals surface area contributed by atoms with E-state index in [1.54, 1.807) is 11.8 Å². The SMILES string of the molecule is COc1ccccc1Oc1c(CN(CC2CC2)C(=O)C2CC2)c(-c2ccccc2)nn1C. The molecule has 5 rings (SSSR count). The lowest BCUT2D eigenvalue weighted by molar-refractivity contribution is -0.133. The molecule has 0 atom stereocenters. The highest BCUT2D eigenvalue weighted by molar-refractivity contribution is 5.81. The number of ether oxygens (including phenoxy) is 2. The van der Waals surface area contributed by atoms with Gasteiger partial charge in [-0.15, -0.1) is 0 Å². The molecule has 32 heavy (non-hydrogen) atoms. The summed E-state index contributed by atoms with van der Waals surface area (Å²) in [6, 6.07) is 17.7. The van der Waals surface area contributed by atoms with Crippen molar-refractivity contribution in [3.63, 3.8) is 0 Å². The van der Waals surface area contributed by atoms with Gasteiger partial charge in [-0.1, -0.05) is 42.5 Å². The molecule has 6 heteroatoms. The Bertz CT molecular complexity index is 1100. The largest absolute Gasteiger partial charge is 0.493 e. The van der Waals surface area contributed by atoms with E-state index >= 15 is 0 Å². The van der Waals surface area contributed by atoms with Crippen LogP contribution in [-0.4, -0.2) is 34.2 Å². The molecule has 2 aliphatic carbocycles. The fourth-order valence-electron chi connectivity index (χ4n) is 4.08. The van der Waals surface area contributed by atoms with E-state index in [1.807, 2.05) is 66.5 Å². The number of aromatic nitrogens is 2. The van der Waals surface area contributed by atoms with Crippen molar-refractivity contribution in [1.29, 1.82) is 0 Å². The van der Waals surface area contributed by atoms with Gasteiger partial charge < -0.3 is 14.4 Å². The lowest BCUT2D eigenvalue weighted by Crippen LogP contribution is -2.33. The van der Waals surface area contributed by atoms with Gasteiger partial charge in [0.25, 0.3) is 0 Å². The summed E-state index contributed by atoms with van der Waals surface area (Å²) in [7, 11) is 3.52. The second-order valence-corrected chi connectivity index (χ2v) is 8.81. The molecule has 1 heterocycles. The van der Waals surface area contributed by atoms with Gasteiger partial charge in [0.1, 0.15) is 5.69 Å². The van der Waals surface area contributed by atoms with E-state index in [0.29, 0.717) is 29.8 Å². The highest BCUT2D eigenvalue weighted by Gasteiger charge is 2.37. The van der Waals surface area contributed by atoms with Gasteiger partial charge in [0, 0.05) is 25.1 Å². The van der Waals surface area contributed by atoms with Crippen molar-refractivity contribution in [3.8, 4) is 28.6 Å². The second-order valence-electron chi connectivity index (χ2n) is 8.81. The van der Waals surface area contributed by atoms with Crippen molar-refractivity contribution in [3.05, 3.63) is 60.2 Å². The number of amides is 1. The van der Waals surface area contributed by atoms with Crippen LogP contribution in [0.15, 0.2) is 54.6 Å². The summed E-state index contributed by atoms with van der Waals surface area (Å²) in [5, 5.41) is 4.81. The van der Waals surface area contributed by atoms with E-state index < -0.39 is 0 Å². The Labute approximate surface area is 188 Å². The third kappa shape index (κ3) is 4.35. The smallest absolute Gasteiger partial charge is 0.225 e. The van der Waals surface area contributed by atoms with Crippen molar-refractivity contribution in [2.24, 2.45) is 18.9 Å². The Morgan fingerprint density at radius 3 is 2.38 bits per heavy atom. The first-order valence-corrected chi connectivity index (χ1v) is 11.3. The molecule has 0 saturated heterocycles. The van der Waals surface area contributed by atoms with Crippen LogP contribution >= 0.6 is 0 Å². The quantitative estimate of drug-likeness (QED) is 0.476. The minimum atomic E-state index is 0.184. The van der Waals surface area contributed by atoms with Gasteiger partial charge in [0.2, 0.25) is 11.8 Å². The molecule has 0 N–H and O–H groups in total. The maximum Gasteiger partial charge on any atom is 0.225 e. The van der Waals surface area contributed by atoms with Gasteiger partial charge in [0.05, 0.1) is 19.2 Å². The molecule has 0 aliphatic heterocycles. The molecular weight excluding hydrogens is 402 g/mol. The van der Waals surface area contributed by atoms with Crippen molar-refractivity contribution in [1.82, 2.24) is 14.7 Å². The van der Waals surface area contributed by atoms with Crippen molar-refractivity contribution in [2.75, 3.05) is 13.7 Å².